The van der Waals surface area contributed by atoms with Crippen LogP contribution in [0.1, 0.15) is 16.4 Å². The summed E-state index contributed by atoms with van der Waals surface area (Å²) in [5.74, 6) is 0. The Balaban J connectivity index is 0.00000242. The molecule has 0 radical (unpaired) electrons. The highest BCUT2D eigenvalue weighted by molar-refractivity contribution is 7.09. The van der Waals surface area contributed by atoms with Crippen LogP contribution in [0.3, 0.4) is 0 Å². The molecule has 3 nitrogen and oxygen atoms in total. The minimum absolute atomic E-state index is 0. The molecule has 0 saturated carbocycles. The zero-order valence-electron chi connectivity index (χ0n) is 10.5. The molecule has 0 bridgehead atoms. The summed E-state index contributed by atoms with van der Waals surface area (Å²) >= 11 is 0.457. The fourth-order valence-corrected chi connectivity index (χ4v) is 2.06. The number of nitrogens with one attached hydrogen (secondary N) is 1. The van der Waals surface area contributed by atoms with Crippen LogP contribution >= 0.6 is 23.7 Å². The first kappa shape index (κ1) is 18.5. The van der Waals surface area contributed by atoms with E-state index >= 15 is 0 Å². The number of halogens is 7. The SMILES string of the molecule is Cl.FC(F)(F)c1ccc(NCc2csc(C(F)(F)F)n2)cn1. The zero-order valence-corrected chi connectivity index (χ0v) is 12.1. The van der Waals surface area contributed by atoms with Gasteiger partial charge < -0.3 is 5.32 Å². The molecule has 2 aromatic heterocycles. The van der Waals surface area contributed by atoms with Gasteiger partial charge in [0.05, 0.1) is 24.1 Å². The Morgan fingerprint density at radius 1 is 1.05 bits per heavy atom. The molecule has 22 heavy (non-hydrogen) atoms. The van der Waals surface area contributed by atoms with Crippen LogP contribution in [0.5, 0.6) is 0 Å². The molecule has 11 heteroatoms. The minimum Gasteiger partial charge on any atom is -0.378 e. The predicted octanol–water partition coefficient (Wildman–Crippen LogP) is 4.61. The van der Waals surface area contributed by atoms with E-state index in [1.165, 1.54) is 5.38 Å². The summed E-state index contributed by atoms with van der Waals surface area (Å²) in [5, 5.41) is 2.91. The fourth-order valence-electron chi connectivity index (χ4n) is 1.38. The molecule has 2 rings (SSSR count). The lowest BCUT2D eigenvalue weighted by Gasteiger charge is -2.07. The van der Waals surface area contributed by atoms with Crippen molar-refractivity contribution in [2.45, 2.75) is 18.9 Å². The Hall–Kier alpha value is -1.55. The van der Waals surface area contributed by atoms with E-state index in [0.717, 1.165) is 18.3 Å². The van der Waals surface area contributed by atoms with Gasteiger partial charge in [0.1, 0.15) is 5.69 Å². The van der Waals surface area contributed by atoms with E-state index in [4.69, 9.17) is 0 Å². The summed E-state index contributed by atoms with van der Waals surface area (Å²) in [7, 11) is 0. The topological polar surface area (TPSA) is 37.8 Å². The largest absolute Gasteiger partial charge is 0.443 e. The lowest BCUT2D eigenvalue weighted by molar-refractivity contribution is -0.141. The molecular formula is C11H8ClF6N3S. The number of alkyl halides is 6. The van der Waals surface area contributed by atoms with Crippen LogP contribution in [0.25, 0.3) is 0 Å². The summed E-state index contributed by atoms with van der Waals surface area (Å²) in [5.41, 5.74) is -0.641. The highest BCUT2D eigenvalue weighted by atomic mass is 35.5. The van der Waals surface area contributed by atoms with Gasteiger partial charge in [-0.1, -0.05) is 0 Å². The first-order valence-corrected chi connectivity index (χ1v) is 6.33. The van der Waals surface area contributed by atoms with Crippen LogP contribution in [-0.2, 0) is 18.9 Å². The summed E-state index contributed by atoms with van der Waals surface area (Å²) < 4.78 is 73.9. The van der Waals surface area contributed by atoms with Gasteiger partial charge >= 0.3 is 12.4 Å². The molecule has 0 aliphatic heterocycles. The van der Waals surface area contributed by atoms with E-state index < -0.39 is 23.1 Å². The Morgan fingerprint density at radius 2 is 1.73 bits per heavy atom. The lowest BCUT2D eigenvalue weighted by Crippen LogP contribution is -2.08. The maximum absolute atomic E-state index is 12.3. The average molecular weight is 364 g/mol. The molecule has 2 heterocycles. The molecule has 0 atom stereocenters. The molecule has 0 aliphatic rings. The molecule has 0 aromatic carbocycles. The third kappa shape index (κ3) is 4.73. The number of hydrogen-bond acceptors (Lipinski definition) is 4. The van der Waals surface area contributed by atoms with Gasteiger partial charge in [-0.3, -0.25) is 0 Å². The van der Waals surface area contributed by atoms with Crippen molar-refractivity contribution in [3.8, 4) is 0 Å². The standard InChI is InChI=1S/C11H7F6N3S.ClH/c12-10(13,14)8-2-1-6(3-19-8)18-4-7-5-21-9(20-7)11(15,16)17;/h1-3,5,18H,4H2;1H. The Morgan fingerprint density at radius 3 is 2.18 bits per heavy atom. The second kappa shape index (κ2) is 6.69. The van der Waals surface area contributed by atoms with E-state index in [1.807, 2.05) is 0 Å². The van der Waals surface area contributed by atoms with Gasteiger partial charge in [-0.05, 0) is 12.1 Å². The fraction of sp³-hybridized carbons (Fsp3) is 0.273. The minimum atomic E-state index is -4.53. The molecule has 0 aliphatic carbocycles. The monoisotopic (exact) mass is 363 g/mol. The first-order chi connectivity index (χ1) is 9.66. The number of pyridine rings is 1. The van der Waals surface area contributed by atoms with Crippen LogP contribution in [0, 0.1) is 0 Å². The Labute approximate surface area is 130 Å². The van der Waals surface area contributed by atoms with Gasteiger partial charge in [-0.2, -0.15) is 26.3 Å². The van der Waals surface area contributed by atoms with Gasteiger partial charge in [-0.25, -0.2) is 9.97 Å². The van der Waals surface area contributed by atoms with Gasteiger partial charge in [0.15, 0.2) is 5.01 Å². The van der Waals surface area contributed by atoms with Gasteiger partial charge in [0, 0.05) is 5.38 Å². The molecule has 0 unspecified atom stereocenters. The summed E-state index contributed by atoms with van der Waals surface area (Å²) in [6, 6.07) is 1.93. The molecule has 122 valence electrons. The van der Waals surface area contributed by atoms with Crippen molar-refractivity contribution in [1.82, 2.24) is 9.97 Å². The normalized spacial score (nSPS) is 11.9. The van der Waals surface area contributed by atoms with Gasteiger partial charge in [0.25, 0.3) is 0 Å². The zero-order chi connectivity index (χ0) is 15.7. The maximum atomic E-state index is 12.3. The third-order valence-electron chi connectivity index (χ3n) is 2.32. The lowest BCUT2D eigenvalue weighted by atomic mass is 10.3. The molecule has 1 N–H and O–H groups in total. The predicted molar refractivity (Wildman–Crippen MR) is 70.9 cm³/mol. The number of nitrogens with zero attached hydrogens (tertiary/aromatic N) is 2. The molecular weight excluding hydrogens is 356 g/mol. The Bertz CT molecular complexity index is 608. The molecule has 2 aromatic rings. The third-order valence-corrected chi connectivity index (χ3v) is 3.26. The number of anilines is 1. The van der Waals surface area contributed by atoms with Gasteiger partial charge in [-0.15, -0.1) is 23.7 Å². The highest BCUT2D eigenvalue weighted by Crippen LogP contribution is 2.32. The van der Waals surface area contributed by atoms with E-state index in [1.54, 1.807) is 0 Å². The molecule has 0 fully saturated rings. The van der Waals surface area contributed by atoms with E-state index in [2.05, 4.69) is 15.3 Å². The van der Waals surface area contributed by atoms with Crippen molar-refractivity contribution in [2.75, 3.05) is 5.32 Å². The van der Waals surface area contributed by atoms with Crippen LogP contribution in [0.4, 0.5) is 32.0 Å². The quantitative estimate of drug-likeness (QED) is 0.809. The number of aromatic nitrogens is 2. The smallest absolute Gasteiger partial charge is 0.378 e. The van der Waals surface area contributed by atoms with Crippen LogP contribution < -0.4 is 5.32 Å². The van der Waals surface area contributed by atoms with E-state index in [9.17, 15) is 26.3 Å². The van der Waals surface area contributed by atoms with Crippen molar-refractivity contribution in [3.63, 3.8) is 0 Å². The van der Waals surface area contributed by atoms with E-state index in [0.29, 0.717) is 11.3 Å². The van der Waals surface area contributed by atoms with Crippen LogP contribution in [0.2, 0.25) is 0 Å². The second-order valence-electron chi connectivity index (χ2n) is 3.93. The second-order valence-corrected chi connectivity index (χ2v) is 4.78. The van der Waals surface area contributed by atoms with Crippen LogP contribution in [-0.4, -0.2) is 9.97 Å². The highest BCUT2D eigenvalue weighted by Gasteiger charge is 2.34. The van der Waals surface area contributed by atoms with Crippen LogP contribution in [0.15, 0.2) is 23.7 Å². The van der Waals surface area contributed by atoms with Crippen molar-refractivity contribution in [1.29, 1.82) is 0 Å². The summed E-state index contributed by atoms with van der Waals surface area (Å²) in [6.07, 6.45) is -8.08. The molecule has 0 amide bonds. The first-order valence-electron chi connectivity index (χ1n) is 5.45. The summed E-state index contributed by atoms with van der Waals surface area (Å²) in [4.78, 5) is 6.61. The molecule has 0 spiro atoms. The van der Waals surface area contributed by atoms with Gasteiger partial charge in [0.2, 0.25) is 0 Å². The van der Waals surface area contributed by atoms with E-state index in [-0.39, 0.29) is 30.3 Å². The van der Waals surface area contributed by atoms with Crippen molar-refractivity contribution in [3.05, 3.63) is 40.1 Å². The van der Waals surface area contributed by atoms with Crippen molar-refractivity contribution >= 4 is 29.4 Å². The van der Waals surface area contributed by atoms with Crippen molar-refractivity contribution in [2.24, 2.45) is 0 Å². The maximum Gasteiger partial charge on any atom is 0.443 e. The number of rotatable bonds is 3. The molecule has 0 saturated heterocycles. The Kier molecular flexibility index (Phi) is 5.63. The number of thiazole rings is 1. The summed E-state index contributed by atoms with van der Waals surface area (Å²) in [6.45, 7) is -0.0420. The average Bonchev–Trinajstić information content (AvgIpc) is 2.84. The number of hydrogen-bond donors (Lipinski definition) is 1. The van der Waals surface area contributed by atoms with Crippen molar-refractivity contribution < 1.29 is 26.3 Å².